The van der Waals surface area contributed by atoms with Crippen LogP contribution in [0.25, 0.3) is 0 Å². The molecule has 0 heterocycles. The summed E-state index contributed by atoms with van der Waals surface area (Å²) in [5.74, 6) is -0.352. The molecule has 4 heteroatoms. The van der Waals surface area contributed by atoms with Gasteiger partial charge in [0.05, 0.1) is 6.10 Å². The molecule has 0 aliphatic rings. The first kappa shape index (κ1) is 18.6. The summed E-state index contributed by atoms with van der Waals surface area (Å²) in [5, 5.41) is 12.4. The van der Waals surface area contributed by atoms with Gasteiger partial charge in [-0.25, -0.2) is 4.39 Å². The summed E-state index contributed by atoms with van der Waals surface area (Å²) >= 11 is 0. The molecule has 1 aromatic rings. The van der Waals surface area contributed by atoms with Gasteiger partial charge in [-0.05, 0) is 49.3 Å². The van der Waals surface area contributed by atoms with E-state index in [1.54, 1.807) is 13.0 Å². The Labute approximate surface area is 132 Å². The smallest absolute Gasteiger partial charge is 0.222 e. The first-order valence-electron chi connectivity index (χ1n) is 7.90. The first-order chi connectivity index (χ1) is 10.2. The van der Waals surface area contributed by atoms with E-state index in [9.17, 15) is 14.3 Å². The molecule has 0 radical (unpaired) electrons. The minimum atomic E-state index is -0.377. The summed E-state index contributed by atoms with van der Waals surface area (Å²) in [4.78, 5) is 12.1. The van der Waals surface area contributed by atoms with E-state index in [1.165, 1.54) is 12.1 Å². The second kappa shape index (κ2) is 8.28. The van der Waals surface area contributed by atoms with Crippen molar-refractivity contribution in [2.24, 2.45) is 11.3 Å². The molecule has 1 amide bonds. The van der Waals surface area contributed by atoms with Crippen LogP contribution in [0.3, 0.4) is 0 Å². The minimum Gasteiger partial charge on any atom is -0.393 e. The fourth-order valence-electron chi connectivity index (χ4n) is 2.58. The average Bonchev–Trinajstić information content (AvgIpc) is 2.41. The van der Waals surface area contributed by atoms with Gasteiger partial charge in [-0.15, -0.1) is 0 Å². The lowest BCUT2D eigenvalue weighted by Gasteiger charge is -2.27. The second-order valence-corrected chi connectivity index (χ2v) is 7.00. The Morgan fingerprint density at radius 3 is 2.64 bits per heavy atom. The van der Waals surface area contributed by atoms with Gasteiger partial charge in [-0.2, -0.15) is 0 Å². The lowest BCUT2D eigenvalue weighted by atomic mass is 9.86. The predicted octanol–water partition coefficient (Wildman–Crippen LogP) is 3.31. The van der Waals surface area contributed by atoms with Crippen LogP contribution in [0.15, 0.2) is 24.3 Å². The van der Waals surface area contributed by atoms with Crippen molar-refractivity contribution < 1.29 is 14.3 Å². The van der Waals surface area contributed by atoms with Gasteiger partial charge in [0, 0.05) is 12.5 Å². The molecule has 3 nitrogen and oxygen atoms in total. The van der Waals surface area contributed by atoms with E-state index in [-0.39, 0.29) is 29.2 Å². The highest BCUT2D eigenvalue weighted by Crippen LogP contribution is 2.21. The Morgan fingerprint density at radius 2 is 2.05 bits per heavy atom. The molecule has 0 aliphatic heterocycles. The monoisotopic (exact) mass is 309 g/mol. The first-order valence-corrected chi connectivity index (χ1v) is 7.90. The number of rotatable bonds is 8. The van der Waals surface area contributed by atoms with Gasteiger partial charge < -0.3 is 10.4 Å². The molecule has 0 aliphatic carbocycles. The molecule has 124 valence electrons. The van der Waals surface area contributed by atoms with Crippen molar-refractivity contribution >= 4 is 5.91 Å². The fourth-order valence-corrected chi connectivity index (χ4v) is 2.58. The van der Waals surface area contributed by atoms with Gasteiger partial charge in [0.1, 0.15) is 5.82 Å². The lowest BCUT2D eigenvalue weighted by molar-refractivity contribution is -0.125. The van der Waals surface area contributed by atoms with Gasteiger partial charge >= 0.3 is 0 Å². The van der Waals surface area contributed by atoms with Crippen molar-refractivity contribution in [3.63, 3.8) is 0 Å². The van der Waals surface area contributed by atoms with Crippen molar-refractivity contribution in [2.75, 3.05) is 6.54 Å². The van der Waals surface area contributed by atoms with Crippen LogP contribution >= 0.6 is 0 Å². The summed E-state index contributed by atoms with van der Waals surface area (Å²) in [5.41, 5.74) is 0.778. The number of aliphatic hydroxyl groups is 1. The van der Waals surface area contributed by atoms with Crippen LogP contribution in [-0.4, -0.2) is 23.7 Å². The maximum Gasteiger partial charge on any atom is 0.222 e. The number of aliphatic hydroxyl groups excluding tert-OH is 1. The third-order valence-corrected chi connectivity index (χ3v) is 3.79. The molecule has 0 saturated carbocycles. The second-order valence-electron chi connectivity index (χ2n) is 7.00. The number of carbonyl (C=O) groups is 1. The molecular weight excluding hydrogens is 281 g/mol. The van der Waals surface area contributed by atoms with Gasteiger partial charge in [-0.3, -0.25) is 4.79 Å². The molecular formula is C18H28FNO2. The molecule has 2 atom stereocenters. The fraction of sp³-hybridized carbons (Fsp3) is 0.611. The molecule has 0 fully saturated rings. The molecule has 0 bridgehead atoms. The van der Waals surface area contributed by atoms with Crippen molar-refractivity contribution in [2.45, 2.75) is 53.1 Å². The number of halogens is 1. The molecule has 2 N–H and O–H groups in total. The number of nitrogens with one attached hydrogen (secondary N) is 1. The van der Waals surface area contributed by atoms with Gasteiger partial charge in [0.2, 0.25) is 5.91 Å². The molecule has 1 aromatic carbocycles. The van der Waals surface area contributed by atoms with Crippen LogP contribution in [0.1, 0.15) is 46.1 Å². The van der Waals surface area contributed by atoms with Crippen molar-refractivity contribution in [3.8, 4) is 0 Å². The number of benzene rings is 1. The van der Waals surface area contributed by atoms with Crippen LogP contribution in [0.4, 0.5) is 4.39 Å². The number of aryl methyl sites for hydroxylation is 1. The Bertz CT molecular complexity index is 486. The number of hydrogen-bond acceptors (Lipinski definition) is 2. The normalized spacial score (nSPS) is 14.5. The van der Waals surface area contributed by atoms with E-state index in [0.29, 0.717) is 25.8 Å². The Kier molecular flexibility index (Phi) is 7.01. The van der Waals surface area contributed by atoms with E-state index in [2.05, 4.69) is 5.32 Å². The summed E-state index contributed by atoms with van der Waals surface area (Å²) < 4.78 is 13.1. The van der Waals surface area contributed by atoms with Gasteiger partial charge in [0.15, 0.2) is 0 Å². The minimum absolute atomic E-state index is 0.00932. The van der Waals surface area contributed by atoms with Crippen LogP contribution in [0, 0.1) is 17.2 Å². The van der Waals surface area contributed by atoms with Gasteiger partial charge in [-0.1, -0.05) is 32.9 Å². The van der Waals surface area contributed by atoms with Gasteiger partial charge in [0.25, 0.3) is 0 Å². The Morgan fingerprint density at radius 1 is 1.36 bits per heavy atom. The topological polar surface area (TPSA) is 49.3 Å². The van der Waals surface area contributed by atoms with E-state index in [4.69, 9.17) is 0 Å². The van der Waals surface area contributed by atoms with Crippen molar-refractivity contribution in [1.29, 1.82) is 0 Å². The third kappa shape index (κ3) is 7.03. The summed E-state index contributed by atoms with van der Waals surface area (Å²) in [6.45, 7) is 8.23. The predicted molar refractivity (Wildman–Crippen MR) is 87.0 cm³/mol. The summed E-state index contributed by atoms with van der Waals surface area (Å²) in [6, 6.07) is 6.49. The highest BCUT2D eigenvalue weighted by atomic mass is 19.1. The SMILES string of the molecule is CC(O)CC(C)(C)CNC(=O)C(C)CCc1cccc(F)c1. The maximum absolute atomic E-state index is 13.1. The van der Waals surface area contributed by atoms with Crippen LogP contribution in [-0.2, 0) is 11.2 Å². The van der Waals surface area contributed by atoms with Crippen LogP contribution < -0.4 is 5.32 Å². The standard InChI is InChI=1S/C18H28FNO2/c1-13(8-9-15-6-5-7-16(19)10-15)17(22)20-12-18(3,4)11-14(2)21/h5-7,10,13-14,21H,8-9,11-12H2,1-4H3,(H,20,22). The molecule has 22 heavy (non-hydrogen) atoms. The maximum atomic E-state index is 13.1. The zero-order valence-electron chi connectivity index (χ0n) is 14.0. The molecule has 0 aromatic heterocycles. The van der Waals surface area contributed by atoms with Crippen molar-refractivity contribution in [1.82, 2.24) is 5.32 Å². The Hall–Kier alpha value is -1.42. The third-order valence-electron chi connectivity index (χ3n) is 3.79. The molecule has 0 saturated heterocycles. The van der Waals surface area contributed by atoms with Crippen LogP contribution in [0.5, 0.6) is 0 Å². The van der Waals surface area contributed by atoms with E-state index >= 15 is 0 Å². The van der Waals surface area contributed by atoms with Crippen LogP contribution in [0.2, 0.25) is 0 Å². The lowest BCUT2D eigenvalue weighted by Crippen LogP contribution is -2.38. The van der Waals surface area contributed by atoms with E-state index in [0.717, 1.165) is 5.56 Å². The number of amides is 1. The number of hydrogen-bond donors (Lipinski definition) is 2. The number of carbonyl (C=O) groups excluding carboxylic acids is 1. The highest BCUT2D eigenvalue weighted by Gasteiger charge is 2.22. The summed E-state index contributed by atoms with van der Waals surface area (Å²) in [7, 11) is 0. The Balaban J connectivity index is 2.39. The van der Waals surface area contributed by atoms with Crippen molar-refractivity contribution in [3.05, 3.63) is 35.6 Å². The largest absolute Gasteiger partial charge is 0.393 e. The molecule has 0 spiro atoms. The molecule has 2 unspecified atom stereocenters. The average molecular weight is 309 g/mol. The molecule has 1 rings (SSSR count). The highest BCUT2D eigenvalue weighted by molar-refractivity contribution is 5.78. The van der Waals surface area contributed by atoms with E-state index in [1.807, 2.05) is 26.8 Å². The van der Waals surface area contributed by atoms with E-state index < -0.39 is 0 Å². The summed E-state index contributed by atoms with van der Waals surface area (Å²) in [6.07, 6.45) is 1.64. The zero-order valence-corrected chi connectivity index (χ0v) is 14.0. The quantitative estimate of drug-likeness (QED) is 0.774. The zero-order chi connectivity index (χ0) is 16.8.